The quantitative estimate of drug-likeness (QED) is 0.402. The summed E-state index contributed by atoms with van der Waals surface area (Å²) in [4.78, 5) is 27.6. The standard InChI is InChI=1S/C10H17NO4/c1-6-7(2)10(3,14)8(12)9(13)11(4)15-5/h6-7,14H,1H2,2-5H3/t7-,10-/m0/s1. The lowest BCUT2D eigenvalue weighted by molar-refractivity contribution is -0.179. The molecule has 1 N–H and O–H groups in total. The van der Waals surface area contributed by atoms with Gasteiger partial charge in [-0.1, -0.05) is 13.0 Å². The van der Waals surface area contributed by atoms with Gasteiger partial charge in [0.05, 0.1) is 7.11 Å². The Kier molecular flexibility index (Phi) is 4.64. The fourth-order valence-electron chi connectivity index (χ4n) is 0.879. The smallest absolute Gasteiger partial charge is 0.316 e. The maximum Gasteiger partial charge on any atom is 0.316 e. The molecule has 0 aliphatic rings. The summed E-state index contributed by atoms with van der Waals surface area (Å²) in [5.74, 6) is -2.32. The molecule has 0 aromatic rings. The van der Waals surface area contributed by atoms with Crippen molar-refractivity contribution in [3.8, 4) is 0 Å². The maximum atomic E-state index is 11.6. The van der Waals surface area contributed by atoms with Gasteiger partial charge in [-0.25, -0.2) is 5.06 Å². The van der Waals surface area contributed by atoms with Crippen molar-refractivity contribution < 1.29 is 19.5 Å². The molecule has 0 spiro atoms. The average Bonchev–Trinajstić information content (AvgIpc) is 2.24. The SMILES string of the molecule is C=C[C@H](C)[C@](C)(O)C(=O)C(=O)N(C)OC. The fourth-order valence-corrected chi connectivity index (χ4v) is 0.879. The second kappa shape index (κ2) is 5.04. The zero-order valence-corrected chi connectivity index (χ0v) is 9.48. The summed E-state index contributed by atoms with van der Waals surface area (Å²) in [5.41, 5.74) is -1.76. The predicted octanol–water partition coefficient (Wildman–Crippen LogP) is 0.148. The number of carbonyl (C=O) groups is 2. The van der Waals surface area contributed by atoms with Gasteiger partial charge in [0.15, 0.2) is 0 Å². The minimum Gasteiger partial charge on any atom is -0.381 e. The van der Waals surface area contributed by atoms with E-state index < -0.39 is 23.2 Å². The van der Waals surface area contributed by atoms with Crippen LogP contribution in [0.4, 0.5) is 0 Å². The Balaban J connectivity index is 4.84. The van der Waals surface area contributed by atoms with E-state index in [1.807, 2.05) is 0 Å². The van der Waals surface area contributed by atoms with Gasteiger partial charge in [-0.3, -0.25) is 14.4 Å². The largest absolute Gasteiger partial charge is 0.381 e. The topological polar surface area (TPSA) is 66.8 Å². The van der Waals surface area contributed by atoms with Crippen LogP contribution in [-0.2, 0) is 14.4 Å². The van der Waals surface area contributed by atoms with E-state index in [1.165, 1.54) is 27.2 Å². The molecule has 0 aromatic heterocycles. The lowest BCUT2D eigenvalue weighted by atomic mass is 9.86. The molecule has 0 fully saturated rings. The van der Waals surface area contributed by atoms with Gasteiger partial charge in [-0.2, -0.15) is 0 Å². The number of nitrogens with zero attached hydrogens (tertiary/aromatic N) is 1. The van der Waals surface area contributed by atoms with E-state index in [4.69, 9.17) is 0 Å². The predicted molar refractivity (Wildman–Crippen MR) is 54.8 cm³/mol. The first-order chi connectivity index (χ1) is 6.78. The summed E-state index contributed by atoms with van der Waals surface area (Å²) in [5, 5.41) is 10.6. The molecule has 0 saturated heterocycles. The molecule has 0 aromatic carbocycles. The second-order valence-corrected chi connectivity index (χ2v) is 3.49. The van der Waals surface area contributed by atoms with Crippen molar-refractivity contribution in [2.45, 2.75) is 19.4 Å². The van der Waals surface area contributed by atoms with Gasteiger partial charge >= 0.3 is 5.91 Å². The van der Waals surface area contributed by atoms with Crippen LogP contribution in [0.25, 0.3) is 0 Å². The second-order valence-electron chi connectivity index (χ2n) is 3.49. The maximum absolute atomic E-state index is 11.6. The summed E-state index contributed by atoms with van der Waals surface area (Å²) in [6.07, 6.45) is 1.41. The van der Waals surface area contributed by atoms with E-state index in [-0.39, 0.29) is 0 Å². The highest BCUT2D eigenvalue weighted by Crippen LogP contribution is 2.19. The minimum atomic E-state index is -1.76. The third kappa shape index (κ3) is 2.87. The van der Waals surface area contributed by atoms with Gasteiger partial charge in [0.25, 0.3) is 5.78 Å². The van der Waals surface area contributed by atoms with Crippen molar-refractivity contribution in [1.82, 2.24) is 5.06 Å². The number of aliphatic hydroxyl groups is 1. The highest BCUT2D eigenvalue weighted by atomic mass is 16.7. The van der Waals surface area contributed by atoms with Gasteiger partial charge in [0.2, 0.25) is 0 Å². The summed E-state index contributed by atoms with van der Waals surface area (Å²) < 4.78 is 0. The van der Waals surface area contributed by atoms with Crippen LogP contribution in [0.2, 0.25) is 0 Å². The van der Waals surface area contributed by atoms with Crippen LogP contribution in [0, 0.1) is 5.92 Å². The van der Waals surface area contributed by atoms with E-state index in [2.05, 4.69) is 11.4 Å². The summed E-state index contributed by atoms with van der Waals surface area (Å²) >= 11 is 0. The highest BCUT2D eigenvalue weighted by Gasteiger charge is 2.40. The third-order valence-corrected chi connectivity index (χ3v) is 2.45. The molecule has 0 unspecified atom stereocenters. The highest BCUT2D eigenvalue weighted by molar-refractivity contribution is 6.38. The minimum absolute atomic E-state index is 0.515. The molecule has 86 valence electrons. The lowest BCUT2D eigenvalue weighted by Crippen LogP contribution is -2.49. The van der Waals surface area contributed by atoms with Crippen molar-refractivity contribution in [2.24, 2.45) is 5.92 Å². The molecule has 0 heterocycles. The molecular formula is C10H17NO4. The van der Waals surface area contributed by atoms with Crippen molar-refractivity contribution >= 4 is 11.7 Å². The Morgan fingerprint density at radius 1 is 1.60 bits per heavy atom. The van der Waals surface area contributed by atoms with Crippen molar-refractivity contribution in [3.63, 3.8) is 0 Å². The average molecular weight is 215 g/mol. The van der Waals surface area contributed by atoms with Crippen LogP contribution in [0.5, 0.6) is 0 Å². The number of Topliss-reactive ketones (excluding diaryl/α,β-unsaturated/α-hetero) is 1. The Labute approximate surface area is 89.3 Å². The van der Waals surface area contributed by atoms with Crippen LogP contribution in [0.15, 0.2) is 12.7 Å². The van der Waals surface area contributed by atoms with Crippen molar-refractivity contribution in [3.05, 3.63) is 12.7 Å². The molecule has 5 heteroatoms. The Bertz CT molecular complexity index is 273. The number of hydroxylamine groups is 2. The first-order valence-corrected chi connectivity index (χ1v) is 4.50. The van der Waals surface area contributed by atoms with Gasteiger partial charge in [-0.05, 0) is 6.92 Å². The molecule has 5 nitrogen and oxygen atoms in total. The molecule has 0 rings (SSSR count). The zero-order chi connectivity index (χ0) is 12.2. The van der Waals surface area contributed by atoms with Gasteiger partial charge in [0.1, 0.15) is 5.60 Å². The van der Waals surface area contributed by atoms with Gasteiger partial charge in [-0.15, -0.1) is 6.58 Å². The molecule has 0 aliphatic carbocycles. The van der Waals surface area contributed by atoms with Crippen LogP contribution in [-0.4, -0.2) is 41.6 Å². The van der Waals surface area contributed by atoms with Crippen molar-refractivity contribution in [2.75, 3.05) is 14.2 Å². The summed E-state index contributed by atoms with van der Waals surface area (Å²) in [6, 6.07) is 0. The van der Waals surface area contributed by atoms with E-state index in [9.17, 15) is 14.7 Å². The summed E-state index contributed by atoms with van der Waals surface area (Å²) in [6.45, 7) is 6.35. The Hall–Kier alpha value is -1.20. The number of likely N-dealkylation sites (N-methyl/N-ethyl adjacent to an activating group) is 1. The molecular weight excluding hydrogens is 198 g/mol. The molecule has 15 heavy (non-hydrogen) atoms. The fraction of sp³-hybridized carbons (Fsp3) is 0.600. The monoisotopic (exact) mass is 215 g/mol. The number of rotatable bonds is 5. The number of hydrogen-bond donors (Lipinski definition) is 1. The molecule has 0 bridgehead atoms. The molecule has 0 aliphatic heterocycles. The first kappa shape index (κ1) is 13.8. The van der Waals surface area contributed by atoms with E-state index in [1.54, 1.807) is 6.92 Å². The molecule has 1 amide bonds. The Morgan fingerprint density at radius 2 is 2.07 bits per heavy atom. The lowest BCUT2D eigenvalue weighted by Gasteiger charge is -2.27. The van der Waals surface area contributed by atoms with Gasteiger partial charge < -0.3 is 5.11 Å². The van der Waals surface area contributed by atoms with E-state index >= 15 is 0 Å². The number of hydrogen-bond acceptors (Lipinski definition) is 4. The van der Waals surface area contributed by atoms with E-state index in [0.29, 0.717) is 0 Å². The zero-order valence-electron chi connectivity index (χ0n) is 9.48. The van der Waals surface area contributed by atoms with Crippen LogP contribution >= 0.6 is 0 Å². The molecule has 2 atom stereocenters. The van der Waals surface area contributed by atoms with Crippen molar-refractivity contribution in [1.29, 1.82) is 0 Å². The first-order valence-electron chi connectivity index (χ1n) is 4.50. The number of ketones is 1. The summed E-state index contributed by atoms with van der Waals surface area (Å²) in [7, 11) is 2.56. The van der Waals surface area contributed by atoms with Crippen LogP contribution < -0.4 is 0 Å². The number of amides is 1. The van der Waals surface area contributed by atoms with Gasteiger partial charge in [0, 0.05) is 13.0 Å². The normalized spacial score (nSPS) is 16.3. The van der Waals surface area contributed by atoms with E-state index in [0.717, 1.165) is 5.06 Å². The molecule has 0 saturated carbocycles. The van der Waals surface area contributed by atoms with Crippen LogP contribution in [0.1, 0.15) is 13.8 Å². The Morgan fingerprint density at radius 3 is 2.40 bits per heavy atom. The number of carbonyl (C=O) groups excluding carboxylic acids is 2. The third-order valence-electron chi connectivity index (χ3n) is 2.45. The van der Waals surface area contributed by atoms with Crippen LogP contribution in [0.3, 0.4) is 0 Å². The molecule has 0 radical (unpaired) electrons.